The lowest BCUT2D eigenvalue weighted by Gasteiger charge is -2.17. The number of aryl methyl sites for hydroxylation is 1. The number of aliphatic carboxylic acids is 2. The van der Waals surface area contributed by atoms with Crippen molar-refractivity contribution in [2.75, 3.05) is 18.4 Å². The summed E-state index contributed by atoms with van der Waals surface area (Å²) in [6.07, 6.45) is 9.79. The summed E-state index contributed by atoms with van der Waals surface area (Å²) in [5, 5.41) is 23.6. The van der Waals surface area contributed by atoms with Crippen LogP contribution in [-0.4, -0.2) is 41.0 Å². The predicted octanol–water partition coefficient (Wildman–Crippen LogP) is 6.43. The number of ketones is 1. The van der Waals surface area contributed by atoms with Crippen LogP contribution in [-0.2, 0) is 29.0 Å². The van der Waals surface area contributed by atoms with Gasteiger partial charge in [0.15, 0.2) is 5.78 Å². The lowest BCUT2D eigenvalue weighted by molar-refractivity contribution is -0.143. The van der Waals surface area contributed by atoms with Gasteiger partial charge in [0.25, 0.3) is 0 Å². The highest BCUT2D eigenvalue weighted by Crippen LogP contribution is 2.31. The minimum Gasteiger partial charge on any atom is -0.481 e. The van der Waals surface area contributed by atoms with Gasteiger partial charge in [-0.2, -0.15) is 0 Å². The lowest BCUT2D eigenvalue weighted by atomic mass is 9.90. The third kappa shape index (κ3) is 9.97. The second-order valence-corrected chi connectivity index (χ2v) is 11.0. The number of hydrogen-bond acceptors (Lipinski definition) is 5. The number of nitrogens with one attached hydrogen (secondary N) is 2. The van der Waals surface area contributed by atoms with Gasteiger partial charge in [-0.05, 0) is 67.1 Å². The van der Waals surface area contributed by atoms with Crippen LogP contribution in [0, 0.1) is 12.8 Å². The third-order valence-electron chi connectivity index (χ3n) is 7.54. The largest absolute Gasteiger partial charge is 0.481 e. The third-order valence-corrected chi connectivity index (χ3v) is 7.86. The highest BCUT2D eigenvalue weighted by atomic mass is 35.5. The fourth-order valence-electron chi connectivity index (χ4n) is 5.43. The van der Waals surface area contributed by atoms with Gasteiger partial charge >= 0.3 is 11.9 Å². The van der Waals surface area contributed by atoms with Gasteiger partial charge in [0.1, 0.15) is 0 Å². The first kappa shape index (κ1) is 30.6. The molecule has 0 spiro atoms. The Kier molecular flexibility index (Phi) is 12.3. The number of fused-ring (bicyclic) bond motifs is 1. The maximum Gasteiger partial charge on any atom is 0.303 e. The molecule has 1 aliphatic carbocycles. The summed E-state index contributed by atoms with van der Waals surface area (Å²) in [7, 11) is 0. The molecule has 1 aliphatic heterocycles. The van der Waals surface area contributed by atoms with E-state index in [1.54, 1.807) is 0 Å². The van der Waals surface area contributed by atoms with Crippen LogP contribution in [0.25, 0.3) is 0 Å². The molecule has 4 N–H and O–H groups in total. The predicted molar refractivity (Wildman–Crippen MR) is 155 cm³/mol. The Bertz CT molecular complexity index is 1130. The molecule has 4 rings (SSSR count). The van der Waals surface area contributed by atoms with Crippen LogP contribution in [0.4, 0.5) is 5.69 Å². The zero-order valence-corrected chi connectivity index (χ0v) is 23.6. The van der Waals surface area contributed by atoms with Gasteiger partial charge in [-0.25, -0.2) is 0 Å². The number of carbonyl (C=O) groups is 3. The normalized spacial score (nSPS) is 15.6. The number of benzene rings is 2. The molecule has 1 saturated carbocycles. The van der Waals surface area contributed by atoms with Crippen molar-refractivity contribution in [2.24, 2.45) is 5.92 Å². The van der Waals surface area contributed by atoms with Crippen LogP contribution >= 0.6 is 11.6 Å². The Balaban J connectivity index is 0.000000459. The molecule has 0 radical (unpaired) electrons. The molecular formula is C31H41ClN2O5. The van der Waals surface area contributed by atoms with E-state index in [-0.39, 0.29) is 12.8 Å². The van der Waals surface area contributed by atoms with Gasteiger partial charge in [-0.3, -0.25) is 14.4 Å². The SMILES string of the molecule is Cc1cc(CNc2c(Cl)ccc3c2CCNCC3)ccc1C(=O)CC1CCCCCC1.O=C(O)CCC(=O)O. The van der Waals surface area contributed by atoms with E-state index in [1.165, 1.54) is 55.2 Å². The molecule has 0 bridgehead atoms. The molecular weight excluding hydrogens is 516 g/mol. The van der Waals surface area contributed by atoms with E-state index < -0.39 is 11.9 Å². The molecule has 2 aromatic carbocycles. The summed E-state index contributed by atoms with van der Waals surface area (Å²) in [6, 6.07) is 10.5. The molecule has 2 aliphatic rings. The molecule has 0 unspecified atom stereocenters. The number of Topliss-reactive ketones (excluding diaryl/α,β-unsaturated/α-hetero) is 1. The Morgan fingerprint density at radius 1 is 0.949 bits per heavy atom. The van der Waals surface area contributed by atoms with Crippen LogP contribution in [0.1, 0.15) is 90.4 Å². The summed E-state index contributed by atoms with van der Waals surface area (Å²) >= 11 is 6.56. The van der Waals surface area contributed by atoms with E-state index in [0.29, 0.717) is 24.7 Å². The molecule has 0 amide bonds. The van der Waals surface area contributed by atoms with Crippen LogP contribution in [0.5, 0.6) is 0 Å². The first-order valence-corrected chi connectivity index (χ1v) is 14.4. The molecule has 1 fully saturated rings. The zero-order valence-electron chi connectivity index (χ0n) is 22.9. The molecule has 7 nitrogen and oxygen atoms in total. The average Bonchev–Trinajstić information content (AvgIpc) is 3.30. The fraction of sp³-hybridized carbons (Fsp3) is 0.516. The smallest absolute Gasteiger partial charge is 0.303 e. The number of anilines is 1. The van der Waals surface area contributed by atoms with Crippen LogP contribution in [0.3, 0.4) is 0 Å². The molecule has 0 atom stereocenters. The van der Waals surface area contributed by atoms with E-state index in [1.807, 2.05) is 12.1 Å². The maximum atomic E-state index is 12.9. The van der Waals surface area contributed by atoms with Crippen LogP contribution in [0.15, 0.2) is 30.3 Å². The number of hydrogen-bond donors (Lipinski definition) is 4. The van der Waals surface area contributed by atoms with Gasteiger partial charge in [0.05, 0.1) is 23.6 Å². The summed E-state index contributed by atoms with van der Waals surface area (Å²) in [6.45, 7) is 4.78. The highest BCUT2D eigenvalue weighted by Gasteiger charge is 2.19. The highest BCUT2D eigenvalue weighted by molar-refractivity contribution is 6.33. The second-order valence-electron chi connectivity index (χ2n) is 10.6. The number of carboxylic acids is 2. The molecule has 39 heavy (non-hydrogen) atoms. The van der Waals surface area contributed by atoms with E-state index in [4.69, 9.17) is 21.8 Å². The summed E-state index contributed by atoms with van der Waals surface area (Å²) < 4.78 is 0. The monoisotopic (exact) mass is 556 g/mol. The standard InChI is InChI=1S/C27H35ClN2O.C4H6O4/c1-19-16-21(8-10-23(19)26(31)17-20-6-4-2-3-5-7-20)18-30-27-24-13-15-29-14-12-22(24)9-11-25(27)28;5-3(6)1-2-4(7)8/h8-11,16,20,29-30H,2-7,12-15,17-18H2,1H3;1-2H2,(H,5,6)(H,7,8). The molecule has 0 aromatic heterocycles. The van der Waals surface area contributed by atoms with Crippen molar-refractivity contribution < 1.29 is 24.6 Å². The minimum absolute atomic E-state index is 0.296. The first-order valence-electron chi connectivity index (χ1n) is 14.1. The molecule has 212 valence electrons. The Hall–Kier alpha value is -2.90. The van der Waals surface area contributed by atoms with Crippen molar-refractivity contribution in [3.63, 3.8) is 0 Å². The molecule has 1 heterocycles. The number of carbonyl (C=O) groups excluding carboxylic acids is 1. The number of halogens is 1. The maximum absolute atomic E-state index is 12.9. The van der Waals surface area contributed by atoms with Gasteiger partial charge in [-0.1, -0.05) is 74.4 Å². The van der Waals surface area contributed by atoms with Gasteiger partial charge in [0.2, 0.25) is 0 Å². The van der Waals surface area contributed by atoms with Crippen molar-refractivity contribution in [2.45, 2.75) is 84.1 Å². The molecule has 8 heteroatoms. The molecule has 0 saturated heterocycles. The Morgan fingerprint density at radius 3 is 2.26 bits per heavy atom. The van der Waals surface area contributed by atoms with Crippen molar-refractivity contribution in [1.29, 1.82) is 0 Å². The van der Waals surface area contributed by atoms with E-state index in [2.05, 4.69) is 35.8 Å². The minimum atomic E-state index is -1.08. The fourth-order valence-corrected chi connectivity index (χ4v) is 5.67. The van der Waals surface area contributed by atoms with Gasteiger partial charge in [0, 0.05) is 18.5 Å². The number of rotatable bonds is 9. The first-order chi connectivity index (χ1) is 18.7. The zero-order chi connectivity index (χ0) is 28.2. The average molecular weight is 557 g/mol. The van der Waals surface area contributed by atoms with Crippen LogP contribution in [0.2, 0.25) is 5.02 Å². The van der Waals surface area contributed by atoms with Gasteiger partial charge < -0.3 is 20.8 Å². The Labute approximate surface area is 236 Å². The van der Waals surface area contributed by atoms with E-state index in [9.17, 15) is 14.4 Å². The van der Waals surface area contributed by atoms with Crippen molar-refractivity contribution in [3.8, 4) is 0 Å². The quantitative estimate of drug-likeness (QED) is 0.208. The summed E-state index contributed by atoms with van der Waals surface area (Å²) in [4.78, 5) is 32.2. The summed E-state index contributed by atoms with van der Waals surface area (Å²) in [5.74, 6) is -1.27. The number of carboxylic acid groups (broad SMARTS) is 2. The van der Waals surface area contributed by atoms with Gasteiger partial charge in [-0.15, -0.1) is 0 Å². The lowest BCUT2D eigenvalue weighted by Crippen LogP contribution is -2.16. The van der Waals surface area contributed by atoms with Crippen LogP contribution < -0.4 is 10.6 Å². The Morgan fingerprint density at radius 2 is 1.62 bits per heavy atom. The summed E-state index contributed by atoms with van der Waals surface area (Å²) in [5.41, 5.74) is 6.95. The van der Waals surface area contributed by atoms with E-state index in [0.717, 1.165) is 47.8 Å². The van der Waals surface area contributed by atoms with Crippen molar-refractivity contribution in [3.05, 3.63) is 63.2 Å². The van der Waals surface area contributed by atoms with Crippen molar-refractivity contribution >= 4 is 35.0 Å². The van der Waals surface area contributed by atoms with Crippen molar-refractivity contribution in [1.82, 2.24) is 5.32 Å². The second kappa shape index (κ2) is 15.6. The topological polar surface area (TPSA) is 116 Å². The molecule has 2 aromatic rings. The van der Waals surface area contributed by atoms with E-state index >= 15 is 0 Å².